The maximum atomic E-state index is 12.0. The number of thiophene rings is 1. The minimum atomic E-state index is -1.41. The second kappa shape index (κ2) is 5.17. The Hall–Kier alpha value is -2.74. The van der Waals surface area contributed by atoms with Crippen molar-refractivity contribution in [1.82, 2.24) is 5.16 Å². The van der Waals surface area contributed by atoms with Crippen LogP contribution in [0.25, 0.3) is 10.6 Å². The quantitative estimate of drug-likeness (QED) is 0.879. The van der Waals surface area contributed by atoms with E-state index in [1.54, 1.807) is 32.1 Å². The number of aryl methyl sites for hydroxylation is 1. The maximum Gasteiger partial charge on any atom is 0.254 e. The standard InChI is InChI=1S/C15H14N4O3S/c1-7-6-9(22-19-7)11-8(2)10(13(16)20)12(23-11)15(14(17)21)4-3-5-18-15/h3-6H,1-2H3,(H2,16,20)(H2,17,21). The van der Waals surface area contributed by atoms with Crippen molar-refractivity contribution in [2.75, 3.05) is 0 Å². The molecular formula is C15H14N4O3S. The average Bonchev–Trinajstić information content (AvgIpc) is 3.16. The van der Waals surface area contributed by atoms with Crippen LogP contribution in [0.15, 0.2) is 27.7 Å². The van der Waals surface area contributed by atoms with Gasteiger partial charge in [-0.15, -0.1) is 11.3 Å². The lowest BCUT2D eigenvalue weighted by Crippen LogP contribution is -2.37. The third-order valence-electron chi connectivity index (χ3n) is 3.67. The third kappa shape index (κ3) is 2.18. The zero-order valence-electron chi connectivity index (χ0n) is 12.5. The Morgan fingerprint density at radius 1 is 1.30 bits per heavy atom. The van der Waals surface area contributed by atoms with Gasteiger partial charge >= 0.3 is 0 Å². The van der Waals surface area contributed by atoms with E-state index in [0.29, 0.717) is 26.8 Å². The van der Waals surface area contributed by atoms with Gasteiger partial charge in [-0.2, -0.15) is 0 Å². The summed E-state index contributed by atoms with van der Waals surface area (Å²) in [6, 6.07) is 1.75. The smallest absolute Gasteiger partial charge is 0.254 e. The van der Waals surface area contributed by atoms with E-state index in [0.717, 1.165) is 0 Å². The molecule has 2 aromatic heterocycles. The fraction of sp³-hybridized carbons (Fsp3) is 0.200. The van der Waals surface area contributed by atoms with Gasteiger partial charge in [0.05, 0.1) is 21.0 Å². The highest BCUT2D eigenvalue weighted by Gasteiger charge is 2.43. The van der Waals surface area contributed by atoms with Crippen LogP contribution < -0.4 is 11.5 Å². The molecule has 0 radical (unpaired) electrons. The van der Waals surface area contributed by atoms with E-state index in [2.05, 4.69) is 10.1 Å². The Balaban J connectivity index is 2.29. The molecule has 0 saturated carbocycles. The summed E-state index contributed by atoms with van der Waals surface area (Å²) >= 11 is 1.20. The van der Waals surface area contributed by atoms with Crippen molar-refractivity contribution < 1.29 is 14.1 Å². The van der Waals surface area contributed by atoms with E-state index in [9.17, 15) is 9.59 Å². The van der Waals surface area contributed by atoms with Crippen molar-refractivity contribution in [3.63, 3.8) is 0 Å². The molecule has 3 heterocycles. The monoisotopic (exact) mass is 330 g/mol. The molecule has 0 aromatic carbocycles. The zero-order chi connectivity index (χ0) is 16.8. The van der Waals surface area contributed by atoms with Gasteiger partial charge in [0.1, 0.15) is 0 Å². The fourth-order valence-electron chi connectivity index (χ4n) is 2.56. The molecule has 0 saturated heterocycles. The first kappa shape index (κ1) is 15.2. The Morgan fingerprint density at radius 2 is 2.04 bits per heavy atom. The molecule has 2 amide bonds. The minimum Gasteiger partial charge on any atom is -0.367 e. The molecule has 1 atom stereocenters. The van der Waals surface area contributed by atoms with Crippen LogP contribution >= 0.6 is 11.3 Å². The number of aliphatic imine (C=N–C) groups is 1. The summed E-state index contributed by atoms with van der Waals surface area (Å²) < 4.78 is 5.27. The van der Waals surface area contributed by atoms with Crippen molar-refractivity contribution in [2.24, 2.45) is 16.5 Å². The first-order chi connectivity index (χ1) is 10.9. The van der Waals surface area contributed by atoms with Gasteiger partial charge in [-0.05, 0) is 31.6 Å². The molecule has 3 rings (SSSR count). The number of rotatable bonds is 4. The van der Waals surface area contributed by atoms with Gasteiger partial charge in [0.15, 0.2) is 11.3 Å². The third-order valence-corrected chi connectivity index (χ3v) is 5.10. The molecule has 0 fully saturated rings. The van der Waals surface area contributed by atoms with Gasteiger partial charge in [0.2, 0.25) is 5.91 Å². The predicted octanol–water partition coefficient (Wildman–Crippen LogP) is 1.44. The Morgan fingerprint density at radius 3 is 2.52 bits per heavy atom. The molecule has 1 aliphatic heterocycles. The van der Waals surface area contributed by atoms with Crippen LogP contribution in [0.2, 0.25) is 0 Å². The van der Waals surface area contributed by atoms with Gasteiger partial charge in [-0.3, -0.25) is 14.6 Å². The van der Waals surface area contributed by atoms with Crippen LogP contribution in [0, 0.1) is 13.8 Å². The lowest BCUT2D eigenvalue weighted by Gasteiger charge is -2.20. The lowest BCUT2D eigenvalue weighted by atomic mass is 9.92. The molecule has 2 aromatic rings. The highest BCUT2D eigenvalue weighted by Crippen LogP contribution is 2.44. The van der Waals surface area contributed by atoms with Gasteiger partial charge < -0.3 is 16.0 Å². The van der Waals surface area contributed by atoms with E-state index in [4.69, 9.17) is 16.0 Å². The molecular weight excluding hydrogens is 316 g/mol. The van der Waals surface area contributed by atoms with Crippen molar-refractivity contribution >= 4 is 29.4 Å². The van der Waals surface area contributed by atoms with Crippen LogP contribution in [-0.2, 0) is 10.3 Å². The summed E-state index contributed by atoms with van der Waals surface area (Å²) in [7, 11) is 0. The van der Waals surface area contributed by atoms with E-state index in [1.807, 2.05) is 0 Å². The van der Waals surface area contributed by atoms with E-state index in [1.165, 1.54) is 17.6 Å². The topological polar surface area (TPSA) is 125 Å². The first-order valence-electron chi connectivity index (χ1n) is 6.77. The van der Waals surface area contributed by atoms with Crippen LogP contribution in [0.4, 0.5) is 0 Å². The highest BCUT2D eigenvalue weighted by molar-refractivity contribution is 7.16. The van der Waals surface area contributed by atoms with E-state index >= 15 is 0 Å². The van der Waals surface area contributed by atoms with Crippen molar-refractivity contribution in [2.45, 2.75) is 19.4 Å². The summed E-state index contributed by atoms with van der Waals surface area (Å²) in [4.78, 5) is 29.2. The molecule has 1 aliphatic rings. The number of amides is 2. The van der Waals surface area contributed by atoms with E-state index in [-0.39, 0.29) is 5.56 Å². The molecule has 23 heavy (non-hydrogen) atoms. The Bertz CT molecular complexity index is 863. The largest absolute Gasteiger partial charge is 0.367 e. The molecule has 0 spiro atoms. The Kier molecular flexibility index (Phi) is 3.41. The van der Waals surface area contributed by atoms with Crippen molar-refractivity contribution in [1.29, 1.82) is 0 Å². The number of nitrogens with zero attached hydrogens (tertiary/aromatic N) is 2. The SMILES string of the molecule is Cc1cc(-c2sc(C3(C(N)=O)C=CC=N3)c(C(N)=O)c2C)on1. The van der Waals surface area contributed by atoms with Gasteiger partial charge in [-0.1, -0.05) is 5.16 Å². The number of carbonyl (C=O) groups is 2. The number of hydrogen-bond donors (Lipinski definition) is 2. The number of hydrogen-bond acceptors (Lipinski definition) is 6. The van der Waals surface area contributed by atoms with E-state index < -0.39 is 17.4 Å². The van der Waals surface area contributed by atoms with Crippen molar-refractivity contribution in [3.8, 4) is 10.6 Å². The second-order valence-electron chi connectivity index (χ2n) is 5.23. The maximum absolute atomic E-state index is 12.0. The van der Waals surface area contributed by atoms with Gasteiger partial charge in [0, 0.05) is 12.3 Å². The summed E-state index contributed by atoms with van der Waals surface area (Å²) in [6.45, 7) is 3.53. The van der Waals surface area contributed by atoms with Crippen LogP contribution in [0.5, 0.6) is 0 Å². The number of nitrogens with two attached hydrogens (primary N) is 2. The van der Waals surface area contributed by atoms with Gasteiger partial charge in [0.25, 0.3) is 5.91 Å². The predicted molar refractivity (Wildman–Crippen MR) is 86.3 cm³/mol. The minimum absolute atomic E-state index is 0.238. The summed E-state index contributed by atoms with van der Waals surface area (Å²) in [6.07, 6.45) is 4.65. The first-order valence-corrected chi connectivity index (χ1v) is 7.59. The Labute approximate surface area is 135 Å². The molecule has 4 N–H and O–H groups in total. The molecule has 118 valence electrons. The van der Waals surface area contributed by atoms with Crippen LogP contribution in [0.3, 0.4) is 0 Å². The van der Waals surface area contributed by atoms with Crippen LogP contribution in [-0.4, -0.2) is 23.2 Å². The summed E-state index contributed by atoms with van der Waals surface area (Å²) in [5.41, 5.74) is 11.2. The molecule has 1 unspecified atom stereocenters. The second-order valence-corrected chi connectivity index (χ2v) is 6.25. The number of carbonyl (C=O) groups excluding carboxylic acids is 2. The number of allylic oxidation sites excluding steroid dienone is 1. The molecule has 0 bridgehead atoms. The number of aromatic nitrogens is 1. The molecule has 8 heteroatoms. The normalized spacial score (nSPS) is 19.4. The zero-order valence-corrected chi connectivity index (χ0v) is 13.3. The number of primary amides is 2. The average molecular weight is 330 g/mol. The fourth-order valence-corrected chi connectivity index (χ4v) is 3.95. The highest BCUT2D eigenvalue weighted by atomic mass is 32.1. The van der Waals surface area contributed by atoms with Gasteiger partial charge in [-0.25, -0.2) is 0 Å². The van der Waals surface area contributed by atoms with Crippen LogP contribution in [0.1, 0.15) is 26.5 Å². The lowest BCUT2D eigenvalue weighted by molar-refractivity contribution is -0.121. The van der Waals surface area contributed by atoms with Crippen molar-refractivity contribution in [3.05, 3.63) is 39.9 Å². The summed E-state index contributed by atoms with van der Waals surface area (Å²) in [5, 5.41) is 3.85. The summed E-state index contributed by atoms with van der Waals surface area (Å²) in [5.74, 6) is -0.816. The molecule has 7 nitrogen and oxygen atoms in total. The molecule has 0 aliphatic carbocycles.